The smallest absolute Gasteiger partial charge is 0.282 e. The number of benzene rings is 1. The van der Waals surface area contributed by atoms with Gasteiger partial charge in [-0.1, -0.05) is 41.4 Å². The standard InChI is InChI=1S/C13H17BrN2O3/c1-2-10(7-8-14)9-15-13(17)11-5-3-4-6-12(11)16(18)19/h3-6,10H,2,7-9H2,1H3,(H,15,17). The fourth-order valence-corrected chi connectivity index (χ4v) is 2.41. The third-order valence-electron chi connectivity index (χ3n) is 2.99. The Labute approximate surface area is 120 Å². The highest BCUT2D eigenvalue weighted by atomic mass is 79.9. The molecule has 6 heteroatoms. The Morgan fingerprint density at radius 3 is 2.74 bits per heavy atom. The highest BCUT2D eigenvalue weighted by molar-refractivity contribution is 9.09. The van der Waals surface area contributed by atoms with E-state index in [1.165, 1.54) is 12.1 Å². The topological polar surface area (TPSA) is 72.2 Å². The Balaban J connectivity index is 2.71. The molecule has 0 radical (unpaired) electrons. The largest absolute Gasteiger partial charge is 0.352 e. The van der Waals surface area contributed by atoms with Gasteiger partial charge in [-0.05, 0) is 18.4 Å². The molecule has 0 aliphatic heterocycles. The molecule has 19 heavy (non-hydrogen) atoms. The van der Waals surface area contributed by atoms with Crippen LogP contribution in [-0.4, -0.2) is 22.7 Å². The van der Waals surface area contributed by atoms with Gasteiger partial charge in [-0.3, -0.25) is 14.9 Å². The summed E-state index contributed by atoms with van der Waals surface area (Å²) in [4.78, 5) is 22.3. The summed E-state index contributed by atoms with van der Waals surface area (Å²) in [6.45, 7) is 2.59. The summed E-state index contributed by atoms with van der Waals surface area (Å²) in [7, 11) is 0. The minimum absolute atomic E-state index is 0.112. The molecule has 0 spiro atoms. The zero-order chi connectivity index (χ0) is 14.3. The predicted octanol–water partition coefficient (Wildman–Crippen LogP) is 3.14. The van der Waals surface area contributed by atoms with Crippen LogP contribution in [0.4, 0.5) is 5.69 Å². The fraction of sp³-hybridized carbons (Fsp3) is 0.462. The second-order valence-corrected chi connectivity index (χ2v) is 5.03. The van der Waals surface area contributed by atoms with Crippen LogP contribution in [0.3, 0.4) is 0 Å². The zero-order valence-electron chi connectivity index (χ0n) is 10.8. The highest BCUT2D eigenvalue weighted by Crippen LogP contribution is 2.17. The zero-order valence-corrected chi connectivity index (χ0v) is 12.4. The van der Waals surface area contributed by atoms with Crippen LogP contribution in [0.5, 0.6) is 0 Å². The summed E-state index contributed by atoms with van der Waals surface area (Å²) < 4.78 is 0. The Kier molecular flexibility index (Phi) is 6.49. The van der Waals surface area contributed by atoms with Crippen molar-refractivity contribution in [3.63, 3.8) is 0 Å². The number of carbonyl (C=O) groups is 1. The molecule has 0 aromatic heterocycles. The molecule has 0 fully saturated rings. The minimum Gasteiger partial charge on any atom is -0.352 e. The average Bonchev–Trinajstić information content (AvgIpc) is 2.43. The molecule has 0 heterocycles. The summed E-state index contributed by atoms with van der Waals surface area (Å²) in [6, 6.07) is 5.98. The maximum atomic E-state index is 12.0. The van der Waals surface area contributed by atoms with Crippen molar-refractivity contribution in [3.05, 3.63) is 39.9 Å². The molecule has 1 unspecified atom stereocenters. The average molecular weight is 329 g/mol. The van der Waals surface area contributed by atoms with Crippen LogP contribution in [0.25, 0.3) is 0 Å². The van der Waals surface area contributed by atoms with Crippen LogP contribution < -0.4 is 5.32 Å². The maximum Gasteiger partial charge on any atom is 0.282 e. The SMILES string of the molecule is CCC(CCBr)CNC(=O)c1ccccc1[N+](=O)[O-]. The van der Waals surface area contributed by atoms with Gasteiger partial charge >= 0.3 is 0 Å². The summed E-state index contributed by atoms with van der Waals surface area (Å²) in [5, 5.41) is 14.5. The van der Waals surface area contributed by atoms with E-state index in [0.29, 0.717) is 12.5 Å². The van der Waals surface area contributed by atoms with Gasteiger partial charge < -0.3 is 5.32 Å². The van der Waals surface area contributed by atoms with E-state index in [2.05, 4.69) is 28.2 Å². The number of para-hydroxylation sites is 1. The molecule has 1 aromatic rings. The number of hydrogen-bond acceptors (Lipinski definition) is 3. The number of nitro benzene ring substituents is 1. The van der Waals surface area contributed by atoms with Gasteiger partial charge in [0.1, 0.15) is 5.56 Å². The van der Waals surface area contributed by atoms with Crippen LogP contribution in [-0.2, 0) is 0 Å². The lowest BCUT2D eigenvalue weighted by molar-refractivity contribution is -0.385. The number of rotatable bonds is 7. The van der Waals surface area contributed by atoms with Crippen LogP contribution >= 0.6 is 15.9 Å². The molecule has 5 nitrogen and oxygen atoms in total. The summed E-state index contributed by atoms with van der Waals surface area (Å²) in [5.41, 5.74) is -0.0465. The fourth-order valence-electron chi connectivity index (χ4n) is 1.76. The summed E-state index contributed by atoms with van der Waals surface area (Å²) >= 11 is 3.37. The quantitative estimate of drug-likeness (QED) is 0.474. The highest BCUT2D eigenvalue weighted by Gasteiger charge is 2.19. The molecular weight excluding hydrogens is 312 g/mol. The monoisotopic (exact) mass is 328 g/mol. The van der Waals surface area contributed by atoms with Gasteiger partial charge in [-0.15, -0.1) is 0 Å². The second kappa shape index (κ2) is 7.89. The van der Waals surface area contributed by atoms with E-state index in [9.17, 15) is 14.9 Å². The molecule has 0 aliphatic rings. The van der Waals surface area contributed by atoms with Gasteiger partial charge in [0.15, 0.2) is 0 Å². The number of halogens is 1. The Morgan fingerprint density at radius 1 is 1.47 bits per heavy atom. The maximum absolute atomic E-state index is 12.0. The van der Waals surface area contributed by atoms with Crippen molar-refractivity contribution in [2.75, 3.05) is 11.9 Å². The van der Waals surface area contributed by atoms with Gasteiger partial charge in [0.05, 0.1) is 4.92 Å². The first kappa shape index (κ1) is 15.6. The molecule has 1 rings (SSSR count). The van der Waals surface area contributed by atoms with Crippen LogP contribution in [0.15, 0.2) is 24.3 Å². The van der Waals surface area contributed by atoms with Crippen molar-refractivity contribution in [1.82, 2.24) is 5.32 Å². The number of hydrogen-bond donors (Lipinski definition) is 1. The van der Waals surface area contributed by atoms with Gasteiger partial charge in [-0.2, -0.15) is 0 Å². The van der Waals surface area contributed by atoms with E-state index in [1.54, 1.807) is 12.1 Å². The van der Waals surface area contributed by atoms with Crippen LogP contribution in [0.1, 0.15) is 30.1 Å². The molecule has 1 amide bonds. The number of nitro groups is 1. The molecule has 1 atom stereocenters. The first-order valence-corrected chi connectivity index (χ1v) is 7.29. The van der Waals surface area contributed by atoms with E-state index in [0.717, 1.165) is 18.2 Å². The van der Waals surface area contributed by atoms with E-state index in [-0.39, 0.29) is 17.2 Å². The van der Waals surface area contributed by atoms with Gasteiger partial charge in [0.2, 0.25) is 0 Å². The number of alkyl halides is 1. The van der Waals surface area contributed by atoms with Gasteiger partial charge in [-0.25, -0.2) is 0 Å². The summed E-state index contributed by atoms with van der Waals surface area (Å²) in [5.74, 6) is -0.00795. The van der Waals surface area contributed by atoms with Gasteiger partial charge in [0.25, 0.3) is 11.6 Å². The van der Waals surface area contributed by atoms with E-state index in [1.807, 2.05) is 0 Å². The summed E-state index contributed by atoms with van der Waals surface area (Å²) in [6.07, 6.45) is 1.93. The first-order valence-electron chi connectivity index (χ1n) is 6.17. The second-order valence-electron chi connectivity index (χ2n) is 4.24. The lowest BCUT2D eigenvalue weighted by Crippen LogP contribution is -2.29. The molecule has 0 saturated heterocycles. The van der Waals surface area contributed by atoms with E-state index >= 15 is 0 Å². The van der Waals surface area contributed by atoms with Crippen LogP contribution in [0, 0.1) is 16.0 Å². The Bertz CT molecular complexity index is 451. The van der Waals surface area contributed by atoms with E-state index < -0.39 is 4.92 Å². The van der Waals surface area contributed by atoms with Crippen LogP contribution in [0.2, 0.25) is 0 Å². The molecule has 104 valence electrons. The lowest BCUT2D eigenvalue weighted by atomic mass is 10.0. The molecule has 1 N–H and O–H groups in total. The Hall–Kier alpha value is -1.43. The third-order valence-corrected chi connectivity index (χ3v) is 3.45. The molecule has 0 saturated carbocycles. The van der Waals surface area contributed by atoms with Crippen molar-refractivity contribution >= 4 is 27.5 Å². The molecule has 1 aromatic carbocycles. The predicted molar refractivity (Wildman–Crippen MR) is 77.6 cm³/mol. The molecular formula is C13H17BrN2O3. The van der Waals surface area contributed by atoms with Crippen molar-refractivity contribution in [3.8, 4) is 0 Å². The van der Waals surface area contributed by atoms with E-state index in [4.69, 9.17) is 0 Å². The molecule has 0 aliphatic carbocycles. The van der Waals surface area contributed by atoms with Crippen molar-refractivity contribution in [2.24, 2.45) is 5.92 Å². The number of amides is 1. The van der Waals surface area contributed by atoms with Crippen molar-refractivity contribution in [2.45, 2.75) is 19.8 Å². The van der Waals surface area contributed by atoms with Gasteiger partial charge in [0, 0.05) is 17.9 Å². The van der Waals surface area contributed by atoms with Crippen molar-refractivity contribution < 1.29 is 9.72 Å². The number of nitrogens with one attached hydrogen (secondary N) is 1. The Morgan fingerprint density at radius 2 is 2.16 bits per heavy atom. The van der Waals surface area contributed by atoms with Crippen molar-refractivity contribution in [1.29, 1.82) is 0 Å². The third kappa shape index (κ3) is 4.63. The minimum atomic E-state index is -0.537. The normalized spacial score (nSPS) is 11.9. The lowest BCUT2D eigenvalue weighted by Gasteiger charge is -2.14. The number of carbonyl (C=O) groups excluding carboxylic acids is 1. The number of nitrogens with zero attached hydrogens (tertiary/aromatic N) is 1. The first-order chi connectivity index (χ1) is 9.10. The molecule has 0 bridgehead atoms.